The van der Waals surface area contributed by atoms with Gasteiger partial charge < -0.3 is 15.4 Å². The fourth-order valence-corrected chi connectivity index (χ4v) is 5.19. The number of fused-ring (bicyclic) bond motifs is 1. The molecule has 204 valence electrons. The fraction of sp³-hybridized carbons (Fsp3) is 0.258. The molecule has 1 saturated carbocycles. The van der Waals surface area contributed by atoms with Crippen LogP contribution < -0.4 is 15.4 Å². The van der Waals surface area contributed by atoms with Gasteiger partial charge in [-0.2, -0.15) is 0 Å². The Bertz CT molecular complexity index is 1510. The standard InChI is InChI=1S/C31H29N3O6/c1-19(35)40-25-12-6-8-21(16-25)29(37)33-23-9-5-7-20(15-23)18-32-28(36)22-13-14-26-27(17-22)31(39)34(30(26)38)24-10-3-2-4-11-24/h5-9,12-17,24H,2-4,10-11,18H2,1H3,(H,32,36)(H,33,37). The molecule has 1 fully saturated rings. The second kappa shape index (κ2) is 11.5. The Hall–Kier alpha value is -4.79. The molecule has 2 aliphatic rings. The van der Waals surface area contributed by atoms with Gasteiger partial charge in [-0.25, -0.2) is 0 Å². The molecule has 0 radical (unpaired) electrons. The Morgan fingerprint density at radius 3 is 2.33 bits per heavy atom. The van der Waals surface area contributed by atoms with Crippen LogP contribution in [-0.4, -0.2) is 40.5 Å². The third kappa shape index (κ3) is 5.78. The predicted molar refractivity (Wildman–Crippen MR) is 147 cm³/mol. The summed E-state index contributed by atoms with van der Waals surface area (Å²) >= 11 is 0. The molecule has 1 aliphatic heterocycles. The first-order valence-corrected chi connectivity index (χ1v) is 13.3. The van der Waals surface area contributed by atoms with E-state index in [9.17, 15) is 24.0 Å². The van der Waals surface area contributed by atoms with E-state index in [1.54, 1.807) is 48.5 Å². The maximum atomic E-state index is 13.1. The van der Waals surface area contributed by atoms with E-state index in [0.717, 1.165) is 37.7 Å². The summed E-state index contributed by atoms with van der Waals surface area (Å²) in [7, 11) is 0. The highest BCUT2D eigenvalue weighted by molar-refractivity contribution is 6.22. The van der Waals surface area contributed by atoms with Crippen LogP contribution >= 0.6 is 0 Å². The van der Waals surface area contributed by atoms with Crippen LogP contribution in [0.3, 0.4) is 0 Å². The lowest BCUT2D eigenvalue weighted by Gasteiger charge is -2.29. The molecule has 9 heteroatoms. The summed E-state index contributed by atoms with van der Waals surface area (Å²) in [5, 5.41) is 5.64. The molecular formula is C31H29N3O6. The summed E-state index contributed by atoms with van der Waals surface area (Å²) in [4.78, 5) is 64.2. The van der Waals surface area contributed by atoms with E-state index in [1.165, 1.54) is 24.0 Å². The molecule has 3 aromatic rings. The van der Waals surface area contributed by atoms with Crippen LogP contribution in [0, 0.1) is 0 Å². The van der Waals surface area contributed by atoms with Gasteiger partial charge in [0.05, 0.1) is 11.1 Å². The summed E-state index contributed by atoms with van der Waals surface area (Å²) in [6, 6.07) is 17.8. The largest absolute Gasteiger partial charge is 0.427 e. The van der Waals surface area contributed by atoms with Gasteiger partial charge in [0, 0.05) is 36.3 Å². The van der Waals surface area contributed by atoms with E-state index < -0.39 is 5.97 Å². The maximum absolute atomic E-state index is 13.1. The lowest BCUT2D eigenvalue weighted by molar-refractivity contribution is -0.131. The van der Waals surface area contributed by atoms with Crippen molar-refractivity contribution in [1.29, 1.82) is 0 Å². The number of hydrogen-bond donors (Lipinski definition) is 2. The van der Waals surface area contributed by atoms with Crippen molar-refractivity contribution >= 4 is 35.3 Å². The van der Waals surface area contributed by atoms with Crippen molar-refractivity contribution in [1.82, 2.24) is 10.2 Å². The second-order valence-electron chi connectivity index (χ2n) is 9.99. The minimum Gasteiger partial charge on any atom is -0.427 e. The summed E-state index contributed by atoms with van der Waals surface area (Å²) < 4.78 is 5.04. The number of ether oxygens (including phenoxy) is 1. The van der Waals surface area contributed by atoms with E-state index in [4.69, 9.17) is 4.74 Å². The number of nitrogens with one attached hydrogen (secondary N) is 2. The quantitative estimate of drug-likeness (QED) is 0.255. The molecule has 0 unspecified atom stereocenters. The van der Waals surface area contributed by atoms with Crippen LogP contribution in [0.1, 0.15) is 86.0 Å². The summed E-state index contributed by atoms with van der Waals surface area (Å²) in [5.41, 5.74) is 2.50. The minimum atomic E-state index is -0.478. The maximum Gasteiger partial charge on any atom is 0.308 e. The number of esters is 1. The molecule has 3 aromatic carbocycles. The summed E-state index contributed by atoms with van der Waals surface area (Å²) in [5.74, 6) is -1.57. The number of carbonyl (C=O) groups is 5. The Kier molecular flexibility index (Phi) is 7.72. The first-order chi connectivity index (χ1) is 19.3. The molecule has 0 saturated heterocycles. The van der Waals surface area contributed by atoms with E-state index in [-0.39, 0.29) is 47.5 Å². The third-order valence-electron chi connectivity index (χ3n) is 7.12. The van der Waals surface area contributed by atoms with Crippen molar-refractivity contribution < 1.29 is 28.7 Å². The van der Waals surface area contributed by atoms with Gasteiger partial charge in [0.2, 0.25) is 0 Å². The average Bonchev–Trinajstić information content (AvgIpc) is 3.21. The van der Waals surface area contributed by atoms with Crippen molar-refractivity contribution in [2.24, 2.45) is 0 Å². The SMILES string of the molecule is CC(=O)Oc1cccc(C(=O)Nc2cccc(CNC(=O)c3ccc4c(c3)C(=O)N(C3CCCCC3)C4=O)c2)c1. The van der Waals surface area contributed by atoms with Gasteiger partial charge in [0.1, 0.15) is 5.75 Å². The van der Waals surface area contributed by atoms with Crippen LogP contribution in [0.2, 0.25) is 0 Å². The minimum absolute atomic E-state index is 0.0796. The topological polar surface area (TPSA) is 122 Å². The number of imide groups is 1. The van der Waals surface area contributed by atoms with E-state index in [2.05, 4.69) is 10.6 Å². The smallest absolute Gasteiger partial charge is 0.308 e. The van der Waals surface area contributed by atoms with Gasteiger partial charge in [-0.1, -0.05) is 37.5 Å². The Labute approximate surface area is 231 Å². The van der Waals surface area contributed by atoms with Gasteiger partial charge in [-0.15, -0.1) is 0 Å². The Morgan fingerprint density at radius 2 is 1.55 bits per heavy atom. The van der Waals surface area contributed by atoms with Gasteiger partial charge in [0.15, 0.2) is 0 Å². The van der Waals surface area contributed by atoms with E-state index in [0.29, 0.717) is 22.4 Å². The lowest BCUT2D eigenvalue weighted by Crippen LogP contribution is -2.40. The Balaban J connectivity index is 1.22. The van der Waals surface area contributed by atoms with E-state index >= 15 is 0 Å². The summed E-state index contributed by atoms with van der Waals surface area (Å²) in [6.45, 7) is 1.47. The molecule has 1 aliphatic carbocycles. The number of benzene rings is 3. The summed E-state index contributed by atoms with van der Waals surface area (Å²) in [6.07, 6.45) is 4.75. The zero-order valence-corrected chi connectivity index (χ0v) is 22.1. The van der Waals surface area contributed by atoms with Crippen LogP contribution in [0.4, 0.5) is 5.69 Å². The van der Waals surface area contributed by atoms with Crippen LogP contribution in [0.5, 0.6) is 5.75 Å². The molecule has 0 aromatic heterocycles. The van der Waals surface area contributed by atoms with Crippen LogP contribution in [0.25, 0.3) is 0 Å². The van der Waals surface area contributed by atoms with Crippen molar-refractivity contribution in [3.8, 4) is 5.75 Å². The number of amides is 4. The number of hydrogen-bond acceptors (Lipinski definition) is 6. The van der Waals surface area contributed by atoms with Gasteiger partial charge in [-0.05, 0) is 66.9 Å². The molecule has 0 bridgehead atoms. The van der Waals surface area contributed by atoms with Crippen molar-refractivity contribution in [2.45, 2.75) is 51.6 Å². The molecule has 2 N–H and O–H groups in total. The molecule has 9 nitrogen and oxygen atoms in total. The Morgan fingerprint density at radius 1 is 0.825 bits per heavy atom. The van der Waals surface area contributed by atoms with Crippen molar-refractivity contribution in [3.05, 3.63) is 94.5 Å². The number of anilines is 1. The molecule has 40 heavy (non-hydrogen) atoms. The number of carbonyl (C=O) groups excluding carboxylic acids is 5. The first kappa shape index (κ1) is 26.8. The molecule has 0 spiro atoms. The third-order valence-corrected chi connectivity index (χ3v) is 7.12. The second-order valence-corrected chi connectivity index (χ2v) is 9.99. The highest BCUT2D eigenvalue weighted by Gasteiger charge is 2.40. The molecule has 1 heterocycles. The van der Waals surface area contributed by atoms with Gasteiger partial charge >= 0.3 is 5.97 Å². The predicted octanol–water partition coefficient (Wildman–Crippen LogP) is 4.72. The van der Waals surface area contributed by atoms with Crippen molar-refractivity contribution in [3.63, 3.8) is 0 Å². The van der Waals surface area contributed by atoms with Crippen LogP contribution in [0.15, 0.2) is 66.7 Å². The van der Waals surface area contributed by atoms with Gasteiger partial charge in [0.25, 0.3) is 23.6 Å². The number of rotatable bonds is 7. The highest BCUT2D eigenvalue weighted by atomic mass is 16.5. The molecule has 4 amide bonds. The lowest BCUT2D eigenvalue weighted by atomic mass is 9.94. The first-order valence-electron chi connectivity index (χ1n) is 13.3. The van der Waals surface area contributed by atoms with Gasteiger partial charge in [-0.3, -0.25) is 28.9 Å². The molecule has 0 atom stereocenters. The van der Waals surface area contributed by atoms with Crippen molar-refractivity contribution in [2.75, 3.05) is 5.32 Å². The normalized spacial score (nSPS) is 15.0. The zero-order chi connectivity index (χ0) is 28.2. The highest BCUT2D eigenvalue weighted by Crippen LogP contribution is 2.31. The van der Waals surface area contributed by atoms with E-state index in [1.807, 2.05) is 6.07 Å². The zero-order valence-electron chi connectivity index (χ0n) is 22.1. The molecular weight excluding hydrogens is 510 g/mol. The fourth-order valence-electron chi connectivity index (χ4n) is 5.19. The van der Waals surface area contributed by atoms with Crippen LogP contribution in [-0.2, 0) is 11.3 Å². The monoisotopic (exact) mass is 539 g/mol. The number of nitrogens with zero attached hydrogens (tertiary/aromatic N) is 1. The molecule has 5 rings (SSSR count). The average molecular weight is 540 g/mol.